The van der Waals surface area contributed by atoms with E-state index in [0.29, 0.717) is 36.8 Å². The maximum atomic E-state index is 12.5. The van der Waals surface area contributed by atoms with Crippen molar-refractivity contribution in [1.82, 2.24) is 0 Å². The lowest BCUT2D eigenvalue weighted by Gasteiger charge is -2.10. The molecule has 0 atom stereocenters. The van der Waals surface area contributed by atoms with E-state index < -0.39 is 11.9 Å². The number of Topliss-reactive ketones (excluding diaryl/α,β-unsaturated/α-hetero) is 2. The number of anilines is 2. The van der Waals surface area contributed by atoms with Crippen LogP contribution in [0.2, 0.25) is 0 Å². The second-order valence-corrected chi connectivity index (χ2v) is 6.63. The minimum absolute atomic E-state index is 0.0793. The molecule has 7 nitrogen and oxygen atoms in total. The van der Waals surface area contributed by atoms with Crippen LogP contribution in [0.3, 0.4) is 0 Å². The van der Waals surface area contributed by atoms with Crippen molar-refractivity contribution in [2.45, 2.75) is 39.5 Å². The molecule has 7 heteroatoms. The van der Waals surface area contributed by atoms with Crippen LogP contribution >= 0.6 is 0 Å². The van der Waals surface area contributed by atoms with Crippen LogP contribution in [0, 0.1) is 0 Å². The highest BCUT2D eigenvalue weighted by Gasteiger charge is 2.21. The molecule has 2 aromatic rings. The lowest BCUT2D eigenvalue weighted by Crippen LogP contribution is -2.17. The highest BCUT2D eigenvalue weighted by atomic mass is 16.6. The number of carbonyl (C=O) groups is 4. The zero-order chi connectivity index (χ0) is 21.6. The van der Waals surface area contributed by atoms with Crippen molar-refractivity contribution in [3.63, 3.8) is 0 Å². The fourth-order valence-electron chi connectivity index (χ4n) is 2.75. The van der Waals surface area contributed by atoms with Crippen molar-refractivity contribution in [1.29, 1.82) is 0 Å². The normalized spacial score (nSPS) is 10.4. The third-order valence-electron chi connectivity index (χ3n) is 4.33. The SMILES string of the molecule is CCCC(=O)c1ccc(N)c(C(=O)OC(=O)c2cc(C(=O)CCC)ccc2N)c1. The molecule has 0 radical (unpaired) electrons. The molecule has 0 heterocycles. The van der Waals surface area contributed by atoms with E-state index in [0.717, 1.165) is 0 Å². The van der Waals surface area contributed by atoms with Crippen molar-refractivity contribution >= 4 is 34.9 Å². The molecular weight excluding hydrogens is 372 g/mol. The number of carbonyl (C=O) groups excluding carboxylic acids is 4. The maximum Gasteiger partial charge on any atom is 0.348 e. The van der Waals surface area contributed by atoms with Gasteiger partial charge in [-0.05, 0) is 49.2 Å². The van der Waals surface area contributed by atoms with Gasteiger partial charge in [0.15, 0.2) is 11.6 Å². The van der Waals surface area contributed by atoms with Crippen LogP contribution < -0.4 is 11.5 Å². The summed E-state index contributed by atoms with van der Waals surface area (Å²) in [6, 6.07) is 8.51. The van der Waals surface area contributed by atoms with Gasteiger partial charge in [0.2, 0.25) is 0 Å². The Hall–Kier alpha value is -3.48. The number of benzene rings is 2. The van der Waals surface area contributed by atoms with Crippen LogP contribution in [0.5, 0.6) is 0 Å². The lowest BCUT2D eigenvalue weighted by molar-refractivity contribution is 0.0399. The minimum Gasteiger partial charge on any atom is -0.398 e. The Morgan fingerprint density at radius 3 is 1.45 bits per heavy atom. The first kappa shape index (κ1) is 21.8. The number of ether oxygens (including phenoxy) is 1. The fraction of sp³-hybridized carbons (Fsp3) is 0.273. The zero-order valence-electron chi connectivity index (χ0n) is 16.5. The van der Waals surface area contributed by atoms with Crippen molar-refractivity contribution in [2.24, 2.45) is 0 Å². The first-order chi connectivity index (χ1) is 13.8. The summed E-state index contributed by atoms with van der Waals surface area (Å²) in [7, 11) is 0. The average Bonchev–Trinajstić information content (AvgIpc) is 2.68. The second kappa shape index (κ2) is 9.64. The van der Waals surface area contributed by atoms with E-state index in [9.17, 15) is 19.2 Å². The van der Waals surface area contributed by atoms with Gasteiger partial charge in [0, 0.05) is 35.3 Å². The molecule has 4 N–H and O–H groups in total. The largest absolute Gasteiger partial charge is 0.398 e. The molecule has 0 aliphatic heterocycles. The summed E-state index contributed by atoms with van der Waals surface area (Å²) in [4.78, 5) is 49.1. The number of esters is 2. The van der Waals surface area contributed by atoms with Gasteiger partial charge in [0.25, 0.3) is 0 Å². The van der Waals surface area contributed by atoms with Gasteiger partial charge in [0.1, 0.15) is 0 Å². The topological polar surface area (TPSA) is 130 Å². The molecule has 0 aliphatic rings. The highest BCUT2D eigenvalue weighted by molar-refractivity contribution is 6.09. The van der Waals surface area contributed by atoms with Gasteiger partial charge in [-0.1, -0.05) is 13.8 Å². The average molecular weight is 396 g/mol. The van der Waals surface area contributed by atoms with E-state index in [-0.39, 0.29) is 34.1 Å². The summed E-state index contributed by atoms with van der Waals surface area (Å²) >= 11 is 0. The molecule has 0 unspecified atom stereocenters. The maximum absolute atomic E-state index is 12.5. The van der Waals surface area contributed by atoms with Crippen molar-refractivity contribution in [3.8, 4) is 0 Å². The Kier molecular flexibility index (Phi) is 7.25. The summed E-state index contributed by atoms with van der Waals surface area (Å²) in [5, 5.41) is 0. The summed E-state index contributed by atoms with van der Waals surface area (Å²) < 4.78 is 4.91. The Bertz CT molecular complexity index is 888. The molecule has 0 saturated heterocycles. The quantitative estimate of drug-likeness (QED) is 0.300. The van der Waals surface area contributed by atoms with E-state index >= 15 is 0 Å². The van der Waals surface area contributed by atoms with Crippen LogP contribution in [0.15, 0.2) is 36.4 Å². The molecule has 2 rings (SSSR count). The van der Waals surface area contributed by atoms with Gasteiger partial charge < -0.3 is 16.2 Å². The molecule has 2 aromatic carbocycles. The van der Waals surface area contributed by atoms with Gasteiger partial charge in [-0.15, -0.1) is 0 Å². The molecular formula is C22H24N2O5. The van der Waals surface area contributed by atoms with Gasteiger partial charge in [-0.2, -0.15) is 0 Å². The number of ketones is 2. The van der Waals surface area contributed by atoms with E-state index in [1.807, 2.05) is 13.8 Å². The van der Waals surface area contributed by atoms with Crippen LogP contribution in [0.25, 0.3) is 0 Å². The van der Waals surface area contributed by atoms with Crippen molar-refractivity contribution < 1.29 is 23.9 Å². The summed E-state index contributed by atoms with van der Waals surface area (Å²) in [5.74, 6) is -2.27. The molecule has 0 saturated carbocycles. The number of nitrogen functional groups attached to an aromatic ring is 2. The van der Waals surface area contributed by atoms with E-state index in [4.69, 9.17) is 16.2 Å². The summed E-state index contributed by atoms with van der Waals surface area (Å²) in [6.45, 7) is 3.74. The van der Waals surface area contributed by atoms with Crippen LogP contribution in [-0.2, 0) is 4.74 Å². The van der Waals surface area contributed by atoms with Gasteiger partial charge in [-0.3, -0.25) is 9.59 Å². The van der Waals surface area contributed by atoms with Crippen LogP contribution in [0.4, 0.5) is 11.4 Å². The predicted molar refractivity (Wildman–Crippen MR) is 110 cm³/mol. The summed E-state index contributed by atoms with van der Waals surface area (Å²) in [6.07, 6.45) is 1.97. The molecule has 29 heavy (non-hydrogen) atoms. The smallest absolute Gasteiger partial charge is 0.348 e. The molecule has 0 aromatic heterocycles. The summed E-state index contributed by atoms with van der Waals surface area (Å²) in [5.41, 5.74) is 12.2. The number of nitrogens with two attached hydrogens (primary N) is 2. The zero-order valence-corrected chi connectivity index (χ0v) is 16.5. The Morgan fingerprint density at radius 2 is 1.10 bits per heavy atom. The first-order valence-electron chi connectivity index (χ1n) is 9.40. The van der Waals surface area contributed by atoms with Crippen LogP contribution in [-0.4, -0.2) is 23.5 Å². The van der Waals surface area contributed by atoms with E-state index in [2.05, 4.69) is 0 Å². The van der Waals surface area contributed by atoms with E-state index in [1.165, 1.54) is 36.4 Å². The third-order valence-corrected chi connectivity index (χ3v) is 4.33. The molecule has 0 bridgehead atoms. The standard InChI is InChI=1S/C22H24N2O5/c1-3-5-19(25)13-7-9-17(23)15(11-13)21(27)29-22(28)16-12-14(8-10-18(16)24)20(26)6-4-2/h7-12H,3-6,23-24H2,1-2H3. The number of rotatable bonds is 8. The number of hydrogen-bond donors (Lipinski definition) is 2. The minimum atomic E-state index is -0.997. The van der Waals surface area contributed by atoms with Crippen molar-refractivity contribution in [3.05, 3.63) is 58.7 Å². The third kappa shape index (κ3) is 5.28. The first-order valence-corrected chi connectivity index (χ1v) is 9.40. The van der Waals surface area contributed by atoms with Crippen LogP contribution in [0.1, 0.15) is 81.0 Å². The molecule has 0 spiro atoms. The Labute approximate surface area is 169 Å². The Morgan fingerprint density at radius 1 is 0.724 bits per heavy atom. The molecule has 0 aliphatic carbocycles. The Balaban J connectivity index is 2.26. The predicted octanol–water partition coefficient (Wildman–Crippen LogP) is 3.81. The van der Waals surface area contributed by atoms with Gasteiger partial charge >= 0.3 is 11.9 Å². The lowest BCUT2D eigenvalue weighted by atomic mass is 10.0. The molecule has 0 fully saturated rings. The highest BCUT2D eigenvalue weighted by Crippen LogP contribution is 2.21. The van der Waals surface area contributed by atoms with Gasteiger partial charge in [0.05, 0.1) is 11.1 Å². The molecule has 0 amide bonds. The molecule has 152 valence electrons. The fourth-order valence-corrected chi connectivity index (χ4v) is 2.75. The van der Waals surface area contributed by atoms with E-state index in [1.54, 1.807) is 0 Å². The second-order valence-electron chi connectivity index (χ2n) is 6.63. The number of hydrogen-bond acceptors (Lipinski definition) is 7. The monoisotopic (exact) mass is 396 g/mol. The van der Waals surface area contributed by atoms with Crippen molar-refractivity contribution in [2.75, 3.05) is 11.5 Å². The van der Waals surface area contributed by atoms with Gasteiger partial charge in [-0.25, -0.2) is 9.59 Å².